The van der Waals surface area contributed by atoms with Crippen LogP contribution in [0, 0.1) is 10.1 Å². The highest BCUT2D eigenvalue weighted by atomic mass is 16.7. The van der Waals surface area contributed by atoms with E-state index in [1.807, 2.05) is 0 Å². The lowest BCUT2D eigenvalue weighted by Gasteiger charge is -2.29. The Balaban J connectivity index is 3.02. The fourth-order valence-electron chi connectivity index (χ4n) is 2.07. The van der Waals surface area contributed by atoms with Gasteiger partial charge in [-0.3, -0.25) is 0 Å². The fourth-order valence-corrected chi connectivity index (χ4v) is 2.07. The molecule has 0 saturated heterocycles. The molecule has 1 aromatic rings. The van der Waals surface area contributed by atoms with Gasteiger partial charge in [0.15, 0.2) is 5.03 Å². The van der Waals surface area contributed by atoms with E-state index in [0.717, 1.165) is 5.01 Å². The average Bonchev–Trinajstić information content (AvgIpc) is 2.50. The van der Waals surface area contributed by atoms with Crippen molar-refractivity contribution in [3.05, 3.63) is 39.9 Å². The van der Waals surface area contributed by atoms with Gasteiger partial charge in [-0.2, -0.15) is 0 Å². The van der Waals surface area contributed by atoms with Gasteiger partial charge in [-0.25, -0.2) is 30.1 Å². The summed E-state index contributed by atoms with van der Waals surface area (Å²) in [7, 11) is 0. The predicted molar refractivity (Wildman–Crippen MR) is 110 cm³/mol. The number of nitrogens with zero attached hydrogens (tertiary/aromatic N) is 3. The van der Waals surface area contributed by atoms with Crippen molar-refractivity contribution in [1.82, 2.24) is 10.4 Å². The summed E-state index contributed by atoms with van der Waals surface area (Å²) < 4.78 is 10.5. The number of nitro groups is 1. The Morgan fingerprint density at radius 3 is 2.30 bits per heavy atom. The number of carbonyl (C=O) groups excluding carboxylic acids is 2. The molecule has 0 aliphatic rings. The summed E-state index contributed by atoms with van der Waals surface area (Å²) in [5, 5.41) is 15.9. The summed E-state index contributed by atoms with van der Waals surface area (Å²) in [4.78, 5) is 35.1. The summed E-state index contributed by atoms with van der Waals surface area (Å²) in [5.41, 5.74) is 7.22. The third-order valence-corrected chi connectivity index (χ3v) is 2.97. The molecule has 0 saturated carbocycles. The minimum Gasteiger partial charge on any atom is -0.443 e. The molecule has 1 aromatic carbocycles. The first-order valence-electron chi connectivity index (χ1n) is 8.99. The van der Waals surface area contributed by atoms with Gasteiger partial charge in [-0.1, -0.05) is 12.1 Å². The molecule has 0 aromatic heterocycles. The Kier molecular flexibility index (Phi) is 7.96. The van der Waals surface area contributed by atoms with Gasteiger partial charge in [-0.15, -0.1) is 0 Å². The van der Waals surface area contributed by atoms with Crippen molar-refractivity contribution in [2.24, 2.45) is 10.8 Å². The molecule has 12 nitrogen and oxygen atoms in total. The number of hydrogen-bond acceptors (Lipinski definition) is 6. The largest absolute Gasteiger partial charge is 0.443 e. The van der Waals surface area contributed by atoms with E-state index >= 15 is 0 Å². The maximum Gasteiger partial charge on any atom is 0.429 e. The Labute approximate surface area is 174 Å². The maximum absolute atomic E-state index is 12.6. The quantitative estimate of drug-likeness (QED) is 0.288. The monoisotopic (exact) mass is 424 g/mol. The van der Waals surface area contributed by atoms with Crippen molar-refractivity contribution < 1.29 is 24.1 Å². The van der Waals surface area contributed by atoms with E-state index in [0.29, 0.717) is 11.3 Å². The topological polar surface area (TPSA) is 161 Å². The molecule has 2 amide bonds. The summed E-state index contributed by atoms with van der Waals surface area (Å²) in [5.74, 6) is -0.409. The van der Waals surface area contributed by atoms with Crippen LogP contribution in [0.25, 0.3) is 0 Å². The number of hydrazine groups is 1. The molecule has 166 valence electrons. The Morgan fingerprint density at radius 2 is 1.77 bits per heavy atom. The van der Waals surface area contributed by atoms with E-state index in [9.17, 15) is 19.7 Å². The van der Waals surface area contributed by atoms with Crippen molar-refractivity contribution in [2.45, 2.75) is 59.3 Å². The highest BCUT2D eigenvalue weighted by molar-refractivity contribution is 5.91. The molecular formula is C18H28N6O6. The summed E-state index contributed by atoms with van der Waals surface area (Å²) in [6.45, 7) is 10.1. The molecule has 0 fully saturated rings. The molecular weight excluding hydrogens is 396 g/mol. The standard InChI is InChI=1S/C18H28N6O6/c1-17(2,3)29-15(25)22-23(16(26)30-18(4,5)6)11-12-8-7-9-13(10-12)20-14(19)21-24(27)28/h7-10H,11H2,1-6H3,(H,22,25)(H3,19,20,21). The third-order valence-electron chi connectivity index (χ3n) is 2.97. The first kappa shape index (κ1) is 24.5. The van der Waals surface area contributed by atoms with Crippen LogP contribution in [0.3, 0.4) is 0 Å². The van der Waals surface area contributed by atoms with E-state index in [1.165, 1.54) is 0 Å². The van der Waals surface area contributed by atoms with Gasteiger partial charge < -0.3 is 20.5 Å². The number of ether oxygens (including phenoxy) is 2. The number of anilines is 1. The molecule has 0 spiro atoms. The lowest BCUT2D eigenvalue weighted by atomic mass is 10.2. The molecule has 0 radical (unpaired) electrons. The second-order valence-electron chi connectivity index (χ2n) is 8.23. The molecule has 0 unspecified atom stereocenters. The van der Waals surface area contributed by atoms with Crippen molar-refractivity contribution >= 4 is 23.8 Å². The summed E-state index contributed by atoms with van der Waals surface area (Å²) >= 11 is 0. The zero-order valence-electron chi connectivity index (χ0n) is 17.9. The van der Waals surface area contributed by atoms with Crippen LogP contribution in [0.15, 0.2) is 29.4 Å². The van der Waals surface area contributed by atoms with E-state index < -0.39 is 34.4 Å². The maximum atomic E-state index is 12.6. The minimum atomic E-state index is -0.929. The fraction of sp³-hybridized carbons (Fsp3) is 0.500. The van der Waals surface area contributed by atoms with Crippen LogP contribution >= 0.6 is 0 Å². The smallest absolute Gasteiger partial charge is 0.429 e. The zero-order valence-corrected chi connectivity index (χ0v) is 17.9. The molecule has 0 atom stereocenters. The van der Waals surface area contributed by atoms with Crippen LogP contribution in [0.5, 0.6) is 0 Å². The minimum absolute atomic E-state index is 0.0735. The Bertz CT molecular complexity index is 812. The van der Waals surface area contributed by atoms with Crippen LogP contribution in [0.4, 0.5) is 15.3 Å². The number of guanidine groups is 1. The highest BCUT2D eigenvalue weighted by Gasteiger charge is 2.26. The van der Waals surface area contributed by atoms with Crippen molar-refractivity contribution in [3.63, 3.8) is 0 Å². The van der Waals surface area contributed by atoms with Gasteiger partial charge in [0.25, 0.3) is 5.96 Å². The summed E-state index contributed by atoms with van der Waals surface area (Å²) in [6, 6.07) is 6.50. The van der Waals surface area contributed by atoms with Gasteiger partial charge >= 0.3 is 12.2 Å². The molecule has 0 aliphatic heterocycles. The number of hydrazone groups is 1. The van der Waals surface area contributed by atoms with Crippen molar-refractivity contribution in [2.75, 3.05) is 5.32 Å². The van der Waals surface area contributed by atoms with Crippen LogP contribution in [0.1, 0.15) is 47.1 Å². The molecule has 1 rings (SSSR count). The number of rotatable bonds is 4. The van der Waals surface area contributed by atoms with Crippen LogP contribution in [-0.4, -0.2) is 39.4 Å². The van der Waals surface area contributed by atoms with Crippen LogP contribution in [0.2, 0.25) is 0 Å². The van der Waals surface area contributed by atoms with E-state index in [-0.39, 0.29) is 6.54 Å². The Morgan fingerprint density at radius 1 is 1.17 bits per heavy atom. The van der Waals surface area contributed by atoms with Gasteiger partial charge in [0, 0.05) is 5.69 Å². The SMILES string of the molecule is CC(C)(C)OC(=O)NN(Cc1cccc(NC(N)=N[N+](=O)[O-])c1)C(=O)OC(C)(C)C. The molecule has 12 heteroatoms. The number of nitrogens with one attached hydrogen (secondary N) is 2. The van der Waals surface area contributed by atoms with Gasteiger partial charge in [0.05, 0.1) is 6.54 Å². The van der Waals surface area contributed by atoms with E-state index in [2.05, 4.69) is 15.8 Å². The van der Waals surface area contributed by atoms with Gasteiger partial charge in [0.2, 0.25) is 0 Å². The normalized spacial score (nSPS) is 12.0. The molecule has 4 N–H and O–H groups in total. The molecule has 30 heavy (non-hydrogen) atoms. The zero-order chi connectivity index (χ0) is 23.1. The first-order chi connectivity index (χ1) is 13.6. The van der Waals surface area contributed by atoms with Crippen LogP contribution < -0.4 is 16.5 Å². The third kappa shape index (κ3) is 10.1. The first-order valence-corrected chi connectivity index (χ1v) is 8.99. The number of nitrogens with two attached hydrogens (primary N) is 1. The summed E-state index contributed by atoms with van der Waals surface area (Å²) in [6.07, 6.45) is -1.62. The average molecular weight is 424 g/mol. The Hall–Kier alpha value is -3.57. The number of carbonyl (C=O) groups is 2. The lowest BCUT2D eigenvalue weighted by molar-refractivity contribution is -0.485. The van der Waals surface area contributed by atoms with E-state index in [1.54, 1.807) is 65.8 Å². The van der Waals surface area contributed by atoms with Crippen molar-refractivity contribution in [1.29, 1.82) is 0 Å². The second-order valence-corrected chi connectivity index (χ2v) is 8.23. The van der Waals surface area contributed by atoms with Crippen LogP contribution in [-0.2, 0) is 16.0 Å². The number of hydrogen-bond donors (Lipinski definition) is 3. The lowest BCUT2D eigenvalue weighted by Crippen LogP contribution is -2.49. The van der Waals surface area contributed by atoms with Gasteiger partial charge in [-0.05, 0) is 59.2 Å². The molecule has 0 aliphatic carbocycles. The highest BCUT2D eigenvalue weighted by Crippen LogP contribution is 2.15. The van der Waals surface area contributed by atoms with Crippen molar-refractivity contribution in [3.8, 4) is 0 Å². The molecule has 0 bridgehead atoms. The van der Waals surface area contributed by atoms with Gasteiger partial charge in [0.1, 0.15) is 16.3 Å². The van der Waals surface area contributed by atoms with E-state index in [4.69, 9.17) is 15.2 Å². The second kappa shape index (κ2) is 9.76. The molecule has 0 heterocycles. The number of amides is 2. The predicted octanol–water partition coefficient (Wildman–Crippen LogP) is 2.78. The number of benzene rings is 1.